The second-order valence-electron chi connectivity index (χ2n) is 5.73. The third kappa shape index (κ3) is 5.49. The van der Waals surface area contributed by atoms with Crippen molar-refractivity contribution in [1.29, 1.82) is 0 Å². The molecule has 1 aromatic heterocycles. The van der Waals surface area contributed by atoms with Crippen molar-refractivity contribution >= 4 is 23.2 Å². The minimum atomic E-state index is -0.191. The summed E-state index contributed by atoms with van der Waals surface area (Å²) in [5, 5.41) is 7.63. The van der Waals surface area contributed by atoms with Crippen LogP contribution in [0.5, 0.6) is 11.5 Å². The highest BCUT2D eigenvalue weighted by atomic mass is 32.1. The zero-order chi connectivity index (χ0) is 18.9. The van der Waals surface area contributed by atoms with E-state index in [1.807, 2.05) is 30.5 Å². The lowest BCUT2D eigenvalue weighted by Crippen LogP contribution is -2.29. The molecule has 0 bridgehead atoms. The first-order valence-corrected chi connectivity index (χ1v) is 9.26. The van der Waals surface area contributed by atoms with Crippen LogP contribution in [-0.4, -0.2) is 32.6 Å². The van der Waals surface area contributed by atoms with Crippen LogP contribution >= 0.6 is 11.3 Å². The van der Waals surface area contributed by atoms with Gasteiger partial charge in [-0.05, 0) is 36.9 Å². The highest BCUT2D eigenvalue weighted by Gasteiger charge is 2.15. The lowest BCUT2D eigenvalue weighted by atomic mass is 10.1. The van der Waals surface area contributed by atoms with Gasteiger partial charge in [-0.1, -0.05) is 6.07 Å². The van der Waals surface area contributed by atoms with Gasteiger partial charge in [0, 0.05) is 24.6 Å². The van der Waals surface area contributed by atoms with Crippen molar-refractivity contribution in [1.82, 2.24) is 10.6 Å². The minimum absolute atomic E-state index is 0.0688. The van der Waals surface area contributed by atoms with Crippen molar-refractivity contribution in [3.8, 4) is 11.5 Å². The Labute approximate surface area is 157 Å². The van der Waals surface area contributed by atoms with E-state index < -0.39 is 0 Å². The van der Waals surface area contributed by atoms with Crippen molar-refractivity contribution in [3.05, 3.63) is 46.2 Å². The van der Waals surface area contributed by atoms with Gasteiger partial charge in [0.05, 0.1) is 25.1 Å². The van der Waals surface area contributed by atoms with E-state index >= 15 is 0 Å². The van der Waals surface area contributed by atoms with Gasteiger partial charge in [-0.2, -0.15) is 0 Å². The van der Waals surface area contributed by atoms with Gasteiger partial charge in [-0.15, -0.1) is 11.3 Å². The molecule has 0 aliphatic carbocycles. The predicted molar refractivity (Wildman–Crippen MR) is 102 cm³/mol. The van der Waals surface area contributed by atoms with Gasteiger partial charge >= 0.3 is 0 Å². The number of ether oxygens (including phenoxy) is 2. The Hall–Kier alpha value is -2.54. The lowest BCUT2D eigenvalue weighted by molar-refractivity contribution is -0.121. The topological polar surface area (TPSA) is 76.7 Å². The average molecular weight is 376 g/mol. The molecule has 140 valence electrons. The van der Waals surface area contributed by atoms with Crippen LogP contribution in [0, 0.1) is 0 Å². The summed E-state index contributed by atoms with van der Waals surface area (Å²) < 4.78 is 10.6. The Morgan fingerprint density at radius 1 is 1.19 bits per heavy atom. The zero-order valence-corrected chi connectivity index (χ0v) is 16.0. The Morgan fingerprint density at radius 2 is 2.00 bits per heavy atom. The van der Waals surface area contributed by atoms with Crippen LogP contribution in [-0.2, 0) is 4.79 Å². The Balaban J connectivity index is 1.77. The molecule has 1 unspecified atom stereocenters. The van der Waals surface area contributed by atoms with E-state index in [2.05, 4.69) is 10.6 Å². The van der Waals surface area contributed by atoms with Gasteiger partial charge in [-0.3, -0.25) is 9.59 Å². The fraction of sp³-hybridized carbons (Fsp3) is 0.368. The number of thiophene rings is 1. The van der Waals surface area contributed by atoms with Crippen LogP contribution in [0.15, 0.2) is 35.7 Å². The molecule has 0 fully saturated rings. The van der Waals surface area contributed by atoms with Crippen LogP contribution < -0.4 is 20.1 Å². The molecule has 1 heterocycles. The molecule has 0 saturated carbocycles. The maximum absolute atomic E-state index is 12.1. The summed E-state index contributed by atoms with van der Waals surface area (Å²) in [7, 11) is 3.18. The number of carbonyl (C=O) groups is 2. The molecule has 1 atom stereocenters. The van der Waals surface area contributed by atoms with Crippen molar-refractivity contribution in [2.45, 2.75) is 25.8 Å². The first-order chi connectivity index (χ1) is 12.5. The molecule has 0 aliphatic heterocycles. The average Bonchev–Trinajstić information content (AvgIpc) is 3.19. The second kappa shape index (κ2) is 9.82. The third-order valence-electron chi connectivity index (χ3n) is 3.90. The number of rotatable bonds is 9. The van der Waals surface area contributed by atoms with Crippen LogP contribution in [0.3, 0.4) is 0 Å². The first kappa shape index (κ1) is 19.8. The van der Waals surface area contributed by atoms with E-state index in [4.69, 9.17) is 9.47 Å². The van der Waals surface area contributed by atoms with E-state index in [-0.39, 0.29) is 17.9 Å². The molecular weight excluding hydrogens is 352 g/mol. The van der Waals surface area contributed by atoms with Gasteiger partial charge in [0.1, 0.15) is 11.5 Å². The molecule has 2 rings (SSSR count). The molecule has 2 amide bonds. The fourth-order valence-corrected chi connectivity index (χ4v) is 3.15. The Bertz CT molecular complexity index is 731. The minimum Gasteiger partial charge on any atom is -0.497 e. The Kier molecular flexibility index (Phi) is 7.47. The highest BCUT2D eigenvalue weighted by molar-refractivity contribution is 7.12. The molecule has 2 aromatic rings. The van der Waals surface area contributed by atoms with E-state index in [1.54, 1.807) is 26.4 Å². The van der Waals surface area contributed by atoms with Gasteiger partial charge < -0.3 is 20.1 Å². The van der Waals surface area contributed by atoms with Gasteiger partial charge in [0.25, 0.3) is 5.91 Å². The quantitative estimate of drug-likeness (QED) is 0.659. The first-order valence-electron chi connectivity index (χ1n) is 8.38. The van der Waals surface area contributed by atoms with Crippen molar-refractivity contribution in [2.24, 2.45) is 0 Å². The summed E-state index contributed by atoms with van der Waals surface area (Å²) in [6.45, 7) is 2.37. The third-order valence-corrected chi connectivity index (χ3v) is 4.76. The molecule has 0 saturated heterocycles. The van der Waals surface area contributed by atoms with Crippen LogP contribution in [0.25, 0.3) is 0 Å². The lowest BCUT2D eigenvalue weighted by Gasteiger charge is -2.18. The summed E-state index contributed by atoms with van der Waals surface area (Å²) in [4.78, 5) is 24.6. The maximum atomic E-state index is 12.1. The van der Waals surface area contributed by atoms with Crippen LogP contribution in [0.1, 0.15) is 41.0 Å². The fourth-order valence-electron chi connectivity index (χ4n) is 2.51. The summed E-state index contributed by atoms with van der Waals surface area (Å²) in [6, 6.07) is 8.92. The standard InChI is InChI=1S/C19H24N2O4S/c1-13(15-9-8-14(24-2)12-16(15)25-3)21-18(22)7-4-10-20-19(23)17-6-5-11-26-17/h5-6,8-9,11-13H,4,7,10H2,1-3H3,(H,20,23)(H,21,22). The maximum Gasteiger partial charge on any atom is 0.261 e. The molecule has 2 N–H and O–H groups in total. The van der Waals surface area contributed by atoms with Crippen molar-refractivity contribution < 1.29 is 19.1 Å². The van der Waals surface area contributed by atoms with E-state index in [1.165, 1.54) is 11.3 Å². The number of amides is 2. The predicted octanol–water partition coefficient (Wildman–Crippen LogP) is 3.15. The normalized spacial score (nSPS) is 11.5. The van der Waals surface area contributed by atoms with Crippen molar-refractivity contribution in [2.75, 3.05) is 20.8 Å². The molecule has 26 heavy (non-hydrogen) atoms. The largest absolute Gasteiger partial charge is 0.497 e. The van der Waals surface area contributed by atoms with Crippen LogP contribution in [0.2, 0.25) is 0 Å². The number of methoxy groups -OCH3 is 2. The summed E-state index contributed by atoms with van der Waals surface area (Å²) in [5.41, 5.74) is 0.882. The molecule has 0 radical (unpaired) electrons. The number of benzene rings is 1. The molecule has 6 nitrogen and oxygen atoms in total. The highest BCUT2D eigenvalue weighted by Crippen LogP contribution is 2.29. The summed E-state index contributed by atoms with van der Waals surface area (Å²) in [5.74, 6) is 1.20. The van der Waals surface area contributed by atoms with Crippen LogP contribution in [0.4, 0.5) is 0 Å². The summed E-state index contributed by atoms with van der Waals surface area (Å²) >= 11 is 1.40. The SMILES string of the molecule is COc1ccc(C(C)NC(=O)CCCNC(=O)c2cccs2)c(OC)c1. The molecule has 7 heteroatoms. The number of hydrogen-bond acceptors (Lipinski definition) is 5. The van der Waals surface area contributed by atoms with Gasteiger partial charge in [-0.25, -0.2) is 0 Å². The monoisotopic (exact) mass is 376 g/mol. The number of hydrogen-bond donors (Lipinski definition) is 2. The van der Waals surface area contributed by atoms with E-state index in [9.17, 15) is 9.59 Å². The molecular formula is C19H24N2O4S. The van der Waals surface area contributed by atoms with E-state index in [0.29, 0.717) is 35.8 Å². The smallest absolute Gasteiger partial charge is 0.261 e. The molecule has 0 spiro atoms. The number of carbonyl (C=O) groups excluding carboxylic acids is 2. The second-order valence-corrected chi connectivity index (χ2v) is 6.68. The summed E-state index contributed by atoms with van der Waals surface area (Å²) in [6.07, 6.45) is 0.920. The number of nitrogens with one attached hydrogen (secondary N) is 2. The van der Waals surface area contributed by atoms with Gasteiger partial charge in [0.15, 0.2) is 0 Å². The zero-order valence-electron chi connectivity index (χ0n) is 15.2. The molecule has 1 aromatic carbocycles. The van der Waals surface area contributed by atoms with Crippen molar-refractivity contribution in [3.63, 3.8) is 0 Å². The Morgan fingerprint density at radius 3 is 2.65 bits per heavy atom. The molecule has 0 aliphatic rings. The van der Waals surface area contributed by atoms with E-state index in [0.717, 1.165) is 5.56 Å². The van der Waals surface area contributed by atoms with Gasteiger partial charge in [0.2, 0.25) is 5.91 Å².